The van der Waals surface area contributed by atoms with E-state index >= 15 is 0 Å². The van der Waals surface area contributed by atoms with Crippen LogP contribution in [0.4, 0.5) is 0 Å². The van der Waals surface area contributed by atoms with E-state index in [2.05, 4.69) is 5.32 Å². The number of hydrogen-bond acceptors (Lipinski definition) is 4. The Morgan fingerprint density at radius 1 is 1.83 bits per heavy atom. The van der Waals surface area contributed by atoms with E-state index in [9.17, 15) is 9.90 Å². The number of rotatable bonds is 2. The van der Waals surface area contributed by atoms with Crippen LogP contribution < -0.4 is 11.1 Å². The van der Waals surface area contributed by atoms with Gasteiger partial charge in [-0.3, -0.25) is 4.79 Å². The van der Waals surface area contributed by atoms with E-state index in [-0.39, 0.29) is 18.1 Å². The molecule has 4 N–H and O–H groups in total. The molecular formula is C7H14N2O3. The first kappa shape index (κ1) is 9.44. The molecule has 1 rings (SSSR count). The molecule has 0 aliphatic carbocycles. The number of nitrogens with two attached hydrogens (primary N) is 1. The minimum atomic E-state index is -0.670. The van der Waals surface area contributed by atoms with Gasteiger partial charge in [0.25, 0.3) is 0 Å². The highest BCUT2D eigenvalue weighted by Gasteiger charge is 2.32. The molecule has 1 aliphatic rings. The zero-order valence-electron chi connectivity index (χ0n) is 6.99. The highest BCUT2D eigenvalue weighted by molar-refractivity contribution is 5.72. The van der Waals surface area contributed by atoms with Gasteiger partial charge >= 0.3 is 0 Å². The summed E-state index contributed by atoms with van der Waals surface area (Å²) in [5.41, 5.74) is 5.49. The second-order valence-electron chi connectivity index (χ2n) is 2.96. The van der Waals surface area contributed by atoms with Gasteiger partial charge in [-0.1, -0.05) is 0 Å². The summed E-state index contributed by atoms with van der Waals surface area (Å²) in [7, 11) is 0. The van der Waals surface area contributed by atoms with Gasteiger partial charge < -0.3 is 20.9 Å². The third-order valence-corrected chi connectivity index (χ3v) is 1.87. The minimum absolute atomic E-state index is 0.133. The van der Waals surface area contributed by atoms with Gasteiger partial charge in [-0.25, -0.2) is 0 Å². The summed E-state index contributed by atoms with van der Waals surface area (Å²) >= 11 is 0. The van der Waals surface area contributed by atoms with E-state index in [1.165, 1.54) is 6.92 Å². The van der Waals surface area contributed by atoms with Crippen LogP contribution in [0, 0.1) is 0 Å². The Balaban J connectivity index is 2.29. The zero-order valence-corrected chi connectivity index (χ0v) is 6.99. The van der Waals surface area contributed by atoms with Crippen LogP contribution in [0.15, 0.2) is 0 Å². The van der Waals surface area contributed by atoms with Crippen molar-refractivity contribution in [2.75, 3.05) is 13.2 Å². The summed E-state index contributed by atoms with van der Waals surface area (Å²) in [6.07, 6.45) is -1.03. The number of aliphatic hydroxyl groups is 1. The predicted molar refractivity (Wildman–Crippen MR) is 42.4 cm³/mol. The van der Waals surface area contributed by atoms with Crippen molar-refractivity contribution in [3.63, 3.8) is 0 Å². The number of nitrogens with one attached hydrogen (secondary N) is 1. The molecule has 0 unspecified atom stereocenters. The monoisotopic (exact) mass is 174 g/mol. The van der Waals surface area contributed by atoms with Crippen LogP contribution >= 0.6 is 0 Å². The summed E-state index contributed by atoms with van der Waals surface area (Å²) in [5, 5.41) is 11.9. The normalized spacial score (nSPS) is 35.1. The first-order chi connectivity index (χ1) is 5.61. The molecule has 3 atom stereocenters. The van der Waals surface area contributed by atoms with Crippen LogP contribution in [0.5, 0.6) is 0 Å². The molecule has 1 saturated heterocycles. The smallest absolute Gasteiger partial charge is 0.216 e. The molecule has 0 spiro atoms. The fourth-order valence-electron chi connectivity index (χ4n) is 1.13. The molecule has 0 bridgehead atoms. The van der Waals surface area contributed by atoms with Crippen molar-refractivity contribution in [1.82, 2.24) is 5.32 Å². The molecule has 0 aromatic heterocycles. The Hall–Kier alpha value is -0.650. The van der Waals surface area contributed by atoms with Crippen molar-refractivity contribution in [3.05, 3.63) is 0 Å². The second kappa shape index (κ2) is 3.84. The first-order valence-electron chi connectivity index (χ1n) is 3.91. The molecule has 12 heavy (non-hydrogen) atoms. The average Bonchev–Trinajstić information content (AvgIpc) is 2.30. The molecule has 0 aromatic carbocycles. The standard InChI is InChI=1S/C7H14N2O3/c1-4(10)9-2-6-7(11)5(8)3-12-6/h5-7,11H,2-3,8H2,1H3,(H,9,10)/t5-,6-,7+/m0/s1. The van der Waals surface area contributed by atoms with Gasteiger partial charge in [0.1, 0.15) is 6.10 Å². The molecule has 70 valence electrons. The number of aliphatic hydroxyl groups excluding tert-OH is 1. The number of amides is 1. The van der Waals surface area contributed by atoms with Gasteiger partial charge in [0, 0.05) is 13.5 Å². The number of carbonyl (C=O) groups excluding carboxylic acids is 1. The van der Waals surface area contributed by atoms with Crippen molar-refractivity contribution in [2.45, 2.75) is 25.2 Å². The lowest BCUT2D eigenvalue weighted by Crippen LogP contribution is -2.41. The molecule has 5 heteroatoms. The molecule has 0 radical (unpaired) electrons. The van der Waals surface area contributed by atoms with E-state index in [1.807, 2.05) is 0 Å². The number of ether oxygens (including phenoxy) is 1. The third kappa shape index (κ3) is 2.17. The molecule has 0 saturated carbocycles. The molecule has 1 aliphatic heterocycles. The van der Waals surface area contributed by atoms with Gasteiger partial charge in [0.2, 0.25) is 5.91 Å². The lowest BCUT2D eigenvalue weighted by atomic mass is 10.1. The Morgan fingerprint density at radius 3 is 2.92 bits per heavy atom. The molecular weight excluding hydrogens is 160 g/mol. The van der Waals surface area contributed by atoms with E-state index in [0.717, 1.165) is 0 Å². The van der Waals surface area contributed by atoms with E-state index in [1.54, 1.807) is 0 Å². The zero-order chi connectivity index (χ0) is 9.14. The van der Waals surface area contributed by atoms with Crippen LogP contribution in [-0.2, 0) is 9.53 Å². The summed E-state index contributed by atoms with van der Waals surface area (Å²) in [6.45, 7) is 2.09. The fourth-order valence-corrected chi connectivity index (χ4v) is 1.13. The van der Waals surface area contributed by atoms with E-state index in [4.69, 9.17) is 10.5 Å². The molecule has 5 nitrogen and oxygen atoms in total. The van der Waals surface area contributed by atoms with Crippen molar-refractivity contribution < 1.29 is 14.6 Å². The van der Waals surface area contributed by atoms with Gasteiger partial charge in [-0.05, 0) is 0 Å². The third-order valence-electron chi connectivity index (χ3n) is 1.87. The fraction of sp³-hybridized carbons (Fsp3) is 0.857. The summed E-state index contributed by atoms with van der Waals surface area (Å²) < 4.78 is 5.14. The van der Waals surface area contributed by atoms with Crippen molar-refractivity contribution in [1.29, 1.82) is 0 Å². The number of carbonyl (C=O) groups is 1. The Labute approximate surface area is 70.9 Å². The summed E-state index contributed by atoms with van der Waals surface area (Å²) in [5.74, 6) is -0.133. The largest absolute Gasteiger partial charge is 0.389 e. The lowest BCUT2D eigenvalue weighted by Gasteiger charge is -2.14. The Bertz CT molecular complexity index is 174. The second-order valence-corrected chi connectivity index (χ2v) is 2.96. The first-order valence-corrected chi connectivity index (χ1v) is 3.91. The van der Waals surface area contributed by atoms with E-state index < -0.39 is 6.10 Å². The summed E-state index contributed by atoms with van der Waals surface area (Å²) in [6, 6.07) is -0.330. The van der Waals surface area contributed by atoms with Crippen molar-refractivity contribution in [2.24, 2.45) is 5.73 Å². The molecule has 1 heterocycles. The average molecular weight is 174 g/mol. The topological polar surface area (TPSA) is 84.6 Å². The van der Waals surface area contributed by atoms with Crippen LogP contribution in [0.25, 0.3) is 0 Å². The molecule has 1 amide bonds. The highest BCUT2D eigenvalue weighted by atomic mass is 16.5. The van der Waals surface area contributed by atoms with Crippen LogP contribution in [0.3, 0.4) is 0 Å². The summed E-state index contributed by atoms with van der Waals surface area (Å²) in [4.78, 5) is 10.5. The van der Waals surface area contributed by atoms with Gasteiger partial charge in [-0.15, -0.1) is 0 Å². The predicted octanol–water partition coefficient (Wildman–Crippen LogP) is -1.79. The highest BCUT2D eigenvalue weighted by Crippen LogP contribution is 2.11. The maximum absolute atomic E-state index is 10.5. The van der Waals surface area contributed by atoms with Crippen LogP contribution in [0.1, 0.15) is 6.92 Å². The SMILES string of the molecule is CC(=O)NC[C@@H]1OC[C@H](N)[C@H]1O. The van der Waals surface area contributed by atoms with Crippen molar-refractivity contribution in [3.8, 4) is 0 Å². The van der Waals surface area contributed by atoms with Gasteiger partial charge in [0.15, 0.2) is 0 Å². The van der Waals surface area contributed by atoms with Crippen LogP contribution in [-0.4, -0.2) is 42.4 Å². The van der Waals surface area contributed by atoms with Gasteiger partial charge in [-0.2, -0.15) is 0 Å². The van der Waals surface area contributed by atoms with Gasteiger partial charge in [0.05, 0.1) is 18.8 Å². The Kier molecular flexibility index (Phi) is 3.02. The quantitative estimate of drug-likeness (QED) is 0.461. The van der Waals surface area contributed by atoms with Crippen LogP contribution in [0.2, 0.25) is 0 Å². The number of hydrogen-bond donors (Lipinski definition) is 3. The maximum atomic E-state index is 10.5. The van der Waals surface area contributed by atoms with Crippen molar-refractivity contribution >= 4 is 5.91 Å². The molecule has 1 fully saturated rings. The van der Waals surface area contributed by atoms with E-state index in [0.29, 0.717) is 13.2 Å². The Morgan fingerprint density at radius 2 is 2.50 bits per heavy atom. The minimum Gasteiger partial charge on any atom is -0.389 e. The lowest BCUT2D eigenvalue weighted by molar-refractivity contribution is -0.119. The molecule has 0 aromatic rings. The maximum Gasteiger partial charge on any atom is 0.216 e.